The van der Waals surface area contributed by atoms with E-state index in [1.54, 1.807) is 11.3 Å². The van der Waals surface area contributed by atoms with Crippen LogP contribution in [0.2, 0.25) is 0 Å². The summed E-state index contributed by atoms with van der Waals surface area (Å²) in [7, 11) is 0. The second-order valence-corrected chi connectivity index (χ2v) is 3.63. The first-order chi connectivity index (χ1) is 8.50. The van der Waals surface area contributed by atoms with Crippen LogP contribution in [-0.4, -0.2) is 18.9 Å². The van der Waals surface area contributed by atoms with Crippen LogP contribution in [0.3, 0.4) is 0 Å². The average Bonchev–Trinajstić information content (AvgIpc) is 3.03. The Labute approximate surface area is 142 Å². The van der Waals surface area contributed by atoms with E-state index >= 15 is 0 Å². The summed E-state index contributed by atoms with van der Waals surface area (Å²) in [6.07, 6.45) is 0. The molecule has 3 heteroatoms. The Morgan fingerprint density at radius 2 is 1.05 bits per heavy atom. The van der Waals surface area contributed by atoms with Gasteiger partial charge in [0.1, 0.15) is 0 Å². The van der Waals surface area contributed by atoms with E-state index in [2.05, 4.69) is 17.5 Å². The van der Waals surface area contributed by atoms with Crippen LogP contribution in [-0.2, 0) is 17.1 Å². The Morgan fingerprint density at radius 3 is 1.16 bits per heavy atom. The minimum Gasteiger partial charge on any atom is -0.304 e. The molecule has 0 bridgehead atoms. The third-order valence-corrected chi connectivity index (χ3v) is 2.16. The van der Waals surface area contributed by atoms with Gasteiger partial charge in [0, 0.05) is 35.9 Å². The van der Waals surface area contributed by atoms with Gasteiger partial charge in [0.15, 0.2) is 0 Å². The summed E-state index contributed by atoms with van der Waals surface area (Å²) in [5.41, 5.74) is 0. The van der Waals surface area contributed by atoms with Crippen molar-refractivity contribution in [1.29, 1.82) is 0 Å². The van der Waals surface area contributed by atoms with Gasteiger partial charge >= 0.3 is 0 Å². The van der Waals surface area contributed by atoms with E-state index in [1.165, 1.54) is 0 Å². The quantitative estimate of drug-likeness (QED) is 0.432. The van der Waals surface area contributed by atoms with Crippen LogP contribution in [0.25, 0.3) is 0 Å². The topological polar surface area (TPSA) is 0 Å². The van der Waals surface area contributed by atoms with Crippen molar-refractivity contribution in [3.05, 3.63) is 95.7 Å². The van der Waals surface area contributed by atoms with Gasteiger partial charge in [-0.3, -0.25) is 0 Å². The summed E-state index contributed by atoms with van der Waals surface area (Å²) >= 11 is 1.59. The minimum atomic E-state index is 0. The third kappa shape index (κ3) is 15.2. The Bertz CT molecular complexity index is 327. The molecule has 0 nitrogen and oxygen atoms in total. The van der Waals surface area contributed by atoms with E-state index in [-0.39, 0.29) is 35.9 Å². The van der Waals surface area contributed by atoms with Gasteiger partial charge in [-0.25, -0.2) is 6.07 Å². The molecule has 0 aliphatic heterocycles. The monoisotopic (exact) mass is 307 g/mol. The Morgan fingerprint density at radius 1 is 0.579 bits per heavy atom. The van der Waals surface area contributed by atoms with Gasteiger partial charge in [-0.1, -0.05) is 0 Å². The minimum absolute atomic E-state index is 0. The third-order valence-electron chi connectivity index (χ3n) is 1.59. The summed E-state index contributed by atoms with van der Waals surface area (Å²) in [4.78, 5) is 0. The zero-order valence-corrected chi connectivity index (χ0v) is 12.5. The zero-order chi connectivity index (χ0) is 12.0. The molecular weight excluding hydrogens is 295 g/mol. The van der Waals surface area contributed by atoms with Crippen molar-refractivity contribution in [2.24, 2.45) is 0 Å². The van der Waals surface area contributed by atoms with Gasteiger partial charge in [-0.2, -0.15) is 84.2 Å². The second kappa shape index (κ2) is 17.3. The molecule has 2 radical (unpaired) electrons. The molecular formula is C16H13CuLiS-3. The van der Waals surface area contributed by atoms with Crippen LogP contribution in [0.4, 0.5) is 0 Å². The first-order valence-corrected chi connectivity index (χ1v) is 6.10. The molecule has 3 rings (SSSR count). The van der Waals surface area contributed by atoms with Gasteiger partial charge < -0.3 is 11.3 Å². The molecule has 0 atom stereocenters. The van der Waals surface area contributed by atoms with Crippen molar-refractivity contribution in [2.75, 3.05) is 0 Å². The fraction of sp³-hybridized carbons (Fsp3) is 0. The fourth-order valence-electron chi connectivity index (χ4n) is 0.880. The van der Waals surface area contributed by atoms with E-state index < -0.39 is 0 Å². The fourth-order valence-corrected chi connectivity index (χ4v) is 1.27. The zero-order valence-electron chi connectivity index (χ0n) is 10.7. The first-order valence-electron chi connectivity index (χ1n) is 5.22. The molecule has 19 heavy (non-hydrogen) atoms. The van der Waals surface area contributed by atoms with E-state index in [9.17, 15) is 0 Å². The van der Waals surface area contributed by atoms with Crippen LogP contribution in [0.15, 0.2) is 78.2 Å². The van der Waals surface area contributed by atoms with Crippen LogP contribution in [0, 0.1) is 17.5 Å². The van der Waals surface area contributed by atoms with Gasteiger partial charge in [-0.05, 0) is 0 Å². The standard InChI is InChI=1S/2C6H5.C4H3S.Cu.Li/c2*1-2-4-6-5-3-1;1-2-4-5-3-1;;/h2*1-5H;1-3H;;/q3*-1;;. The Hall–Kier alpha value is -0.743. The molecule has 0 N–H and O–H groups in total. The predicted octanol–water partition coefficient (Wildman–Crippen LogP) is 4.14. The van der Waals surface area contributed by atoms with Gasteiger partial charge in [0.05, 0.1) is 0 Å². The van der Waals surface area contributed by atoms with E-state index in [1.807, 2.05) is 78.2 Å². The van der Waals surface area contributed by atoms with Crippen LogP contribution in [0.1, 0.15) is 0 Å². The summed E-state index contributed by atoms with van der Waals surface area (Å²) in [6, 6.07) is 28.9. The molecule has 0 aliphatic carbocycles. The number of benzene rings is 2. The van der Waals surface area contributed by atoms with Crippen molar-refractivity contribution in [3.8, 4) is 0 Å². The molecule has 1 heterocycles. The Kier molecular flexibility index (Phi) is 18.7. The molecule has 0 spiro atoms. The number of rotatable bonds is 0. The molecule has 0 saturated heterocycles. The molecule has 0 fully saturated rings. The molecule has 98 valence electrons. The normalized spacial score (nSPS) is 7.16. The predicted molar refractivity (Wildman–Crippen MR) is 79.5 cm³/mol. The number of hydrogen-bond acceptors (Lipinski definition) is 1. The van der Waals surface area contributed by atoms with E-state index in [4.69, 9.17) is 0 Å². The van der Waals surface area contributed by atoms with Crippen LogP contribution in [0.5, 0.6) is 0 Å². The maximum Gasteiger partial charge on any atom is 0 e. The van der Waals surface area contributed by atoms with Gasteiger partial charge in [0.2, 0.25) is 0 Å². The van der Waals surface area contributed by atoms with Crippen molar-refractivity contribution < 1.29 is 17.1 Å². The van der Waals surface area contributed by atoms with Crippen LogP contribution >= 0.6 is 11.3 Å². The average molecular weight is 308 g/mol. The largest absolute Gasteiger partial charge is 0.304 e. The molecule has 0 saturated carbocycles. The molecule has 0 aliphatic rings. The van der Waals surface area contributed by atoms with Crippen molar-refractivity contribution >= 4 is 30.2 Å². The molecule has 2 aromatic carbocycles. The smallest absolute Gasteiger partial charge is 0 e. The summed E-state index contributed by atoms with van der Waals surface area (Å²) in [5, 5.41) is 4.89. The number of thiophene rings is 1. The Balaban J connectivity index is 0. The maximum atomic E-state index is 2.90. The van der Waals surface area contributed by atoms with Crippen LogP contribution < -0.4 is 0 Å². The number of hydrogen-bond donors (Lipinski definition) is 0. The van der Waals surface area contributed by atoms with Gasteiger partial charge in [-0.15, -0.1) is 5.38 Å². The van der Waals surface area contributed by atoms with E-state index in [0.29, 0.717) is 0 Å². The van der Waals surface area contributed by atoms with Gasteiger partial charge in [0.25, 0.3) is 0 Å². The molecule has 0 amide bonds. The second-order valence-electron chi connectivity index (χ2n) is 2.89. The SMILES string of the molecule is [Cu].[Li].[c-]1ccccc1.[c-]1ccccc1.[c-]1cccs1. The first kappa shape index (κ1) is 20.6. The summed E-state index contributed by atoms with van der Waals surface area (Å²) in [6.45, 7) is 0. The summed E-state index contributed by atoms with van der Waals surface area (Å²) in [5.74, 6) is 0. The molecule has 0 unspecified atom stereocenters. The van der Waals surface area contributed by atoms with Crippen molar-refractivity contribution in [1.82, 2.24) is 0 Å². The van der Waals surface area contributed by atoms with Crippen molar-refractivity contribution in [3.63, 3.8) is 0 Å². The molecule has 3 aromatic rings. The summed E-state index contributed by atoms with van der Waals surface area (Å²) < 4.78 is 0. The molecule has 1 aromatic heterocycles. The van der Waals surface area contributed by atoms with E-state index in [0.717, 1.165) is 0 Å². The van der Waals surface area contributed by atoms with Crippen molar-refractivity contribution in [2.45, 2.75) is 0 Å². The maximum absolute atomic E-state index is 2.90.